The molecule has 3 N–H and O–H groups in total. The van der Waals surface area contributed by atoms with Gasteiger partial charge < -0.3 is 15.2 Å². The number of carbonyl (C=O) groups is 4. The highest BCUT2D eigenvalue weighted by atomic mass is 32.2. The summed E-state index contributed by atoms with van der Waals surface area (Å²) < 4.78 is 4.75. The molecule has 0 spiro atoms. The molecule has 1 fully saturated rings. The highest BCUT2D eigenvalue weighted by Crippen LogP contribution is 2.39. The molecular weight excluding hydrogens is 432 g/mol. The fraction of sp³-hybridized carbons (Fsp3) is 0.389. The average molecular weight is 453 g/mol. The third-order valence-corrected chi connectivity index (χ3v) is 6.45. The molecule has 2 aliphatic heterocycles. The smallest absolute Gasteiger partial charge is 0.353 e. The van der Waals surface area contributed by atoms with E-state index in [0.717, 1.165) is 4.88 Å². The summed E-state index contributed by atoms with van der Waals surface area (Å²) in [7, 11) is 0. The van der Waals surface area contributed by atoms with Crippen molar-refractivity contribution in [2.24, 2.45) is 5.10 Å². The van der Waals surface area contributed by atoms with Crippen LogP contribution in [0.4, 0.5) is 0 Å². The van der Waals surface area contributed by atoms with Gasteiger partial charge in [0.1, 0.15) is 23.7 Å². The Morgan fingerprint density at radius 2 is 2.23 bits per heavy atom. The predicted octanol–water partition coefficient (Wildman–Crippen LogP) is 0.168. The second-order valence-corrected chi connectivity index (χ2v) is 8.43. The predicted molar refractivity (Wildman–Crippen MR) is 111 cm³/mol. The molecule has 3 heterocycles. The van der Waals surface area contributed by atoms with Crippen LogP contribution >= 0.6 is 23.1 Å². The molecule has 1 saturated heterocycles. The average Bonchev–Trinajstić information content (AvgIpc) is 3.21. The summed E-state index contributed by atoms with van der Waals surface area (Å²) in [5.74, 6) is -2.22. The van der Waals surface area contributed by atoms with Gasteiger partial charge in [0, 0.05) is 16.2 Å². The third-order valence-electron chi connectivity index (χ3n) is 4.27. The minimum Gasteiger partial charge on any atom is -0.477 e. The maximum atomic E-state index is 12.6. The van der Waals surface area contributed by atoms with Crippen LogP contribution in [-0.4, -0.2) is 70.3 Å². The summed E-state index contributed by atoms with van der Waals surface area (Å²) in [6.45, 7) is 1.78. The van der Waals surface area contributed by atoms with Crippen molar-refractivity contribution in [1.29, 1.82) is 0 Å². The topological polar surface area (TPSA) is 137 Å². The minimum atomic E-state index is -1.26. The van der Waals surface area contributed by atoms with Crippen molar-refractivity contribution in [3.8, 4) is 0 Å². The van der Waals surface area contributed by atoms with Crippen molar-refractivity contribution in [1.82, 2.24) is 15.6 Å². The molecule has 0 aliphatic carbocycles. The largest absolute Gasteiger partial charge is 0.477 e. The zero-order valence-electron chi connectivity index (χ0n) is 16.0. The Morgan fingerprint density at radius 1 is 1.43 bits per heavy atom. The Morgan fingerprint density at radius 3 is 2.90 bits per heavy atom. The van der Waals surface area contributed by atoms with Gasteiger partial charge in [0.2, 0.25) is 5.91 Å². The number of carboxylic acids is 1. The summed E-state index contributed by atoms with van der Waals surface area (Å²) in [5.41, 5.74) is 2.65. The fourth-order valence-corrected chi connectivity index (χ4v) is 4.98. The van der Waals surface area contributed by atoms with Crippen LogP contribution in [0.2, 0.25) is 0 Å². The number of nitrogens with zero attached hydrogens (tertiary/aromatic N) is 2. The van der Waals surface area contributed by atoms with Crippen LogP contribution in [-0.2, 0) is 30.3 Å². The molecule has 3 rings (SSSR count). The lowest BCUT2D eigenvalue weighted by Gasteiger charge is -2.49. The zero-order chi connectivity index (χ0) is 21.7. The van der Waals surface area contributed by atoms with Gasteiger partial charge in [-0.3, -0.25) is 24.7 Å². The summed E-state index contributed by atoms with van der Waals surface area (Å²) in [6, 6.07) is 2.91. The number of thioether (sulfide) groups is 1. The van der Waals surface area contributed by atoms with Gasteiger partial charge in [-0.25, -0.2) is 4.79 Å². The molecular formula is C18H20N4O6S2. The lowest BCUT2D eigenvalue weighted by Crippen LogP contribution is -2.70. The minimum absolute atomic E-state index is 0.156. The SMILES string of the molecule is CCOC(=O)CNN=CC1=C(C(=O)O)N2C(=O)C(NC(=O)Cc3cccs3)[C@H]2SC1. The number of thiophene rings is 1. The molecule has 0 radical (unpaired) electrons. The Hall–Kier alpha value is -2.86. The number of carboxylic acid groups (broad SMARTS) is 1. The summed E-state index contributed by atoms with van der Waals surface area (Å²) in [4.78, 5) is 49.9. The molecule has 2 aliphatic rings. The number of nitrogens with one attached hydrogen (secondary N) is 2. The number of hydrazone groups is 1. The summed E-state index contributed by atoms with van der Waals surface area (Å²) in [6.07, 6.45) is 1.45. The molecule has 10 nitrogen and oxygen atoms in total. The number of hydrogen-bond acceptors (Lipinski definition) is 9. The standard InChI is InChI=1S/C18H20N4O6S2/c1-2-28-13(24)8-20-19-7-10-9-30-17-14(16(25)22(17)15(10)18(26)27)21-12(23)6-11-4-3-5-29-11/h3-5,7,14,17,20H,2,6,8-9H2,1H3,(H,21,23)(H,26,27)/t14?,17-/m1/s1. The van der Waals surface area contributed by atoms with Crippen molar-refractivity contribution >= 4 is 53.1 Å². The first-order valence-electron chi connectivity index (χ1n) is 9.06. The number of hydrogen-bond donors (Lipinski definition) is 3. The van der Waals surface area contributed by atoms with E-state index in [0.29, 0.717) is 5.57 Å². The van der Waals surface area contributed by atoms with Crippen molar-refractivity contribution in [3.05, 3.63) is 33.7 Å². The van der Waals surface area contributed by atoms with Gasteiger partial charge >= 0.3 is 11.9 Å². The molecule has 30 heavy (non-hydrogen) atoms. The molecule has 2 amide bonds. The first-order valence-corrected chi connectivity index (χ1v) is 11.0. The van der Waals surface area contributed by atoms with Crippen LogP contribution < -0.4 is 10.7 Å². The zero-order valence-corrected chi connectivity index (χ0v) is 17.6. The van der Waals surface area contributed by atoms with Crippen LogP contribution in [0.1, 0.15) is 11.8 Å². The van der Waals surface area contributed by atoms with Crippen LogP contribution in [0.15, 0.2) is 33.9 Å². The second kappa shape index (κ2) is 9.76. The first-order chi connectivity index (χ1) is 14.4. The number of carbonyl (C=O) groups excluding carboxylic acids is 3. The quantitative estimate of drug-likeness (QED) is 0.209. The van der Waals surface area contributed by atoms with Gasteiger partial charge in [-0.15, -0.1) is 23.1 Å². The van der Waals surface area contributed by atoms with E-state index in [2.05, 4.69) is 15.8 Å². The van der Waals surface area contributed by atoms with Gasteiger partial charge in [-0.05, 0) is 18.4 Å². The van der Waals surface area contributed by atoms with Gasteiger partial charge in [-0.2, -0.15) is 5.10 Å². The number of fused-ring (bicyclic) bond motifs is 1. The normalized spacial score (nSPS) is 20.6. The number of amides is 2. The van der Waals surface area contributed by atoms with E-state index in [-0.39, 0.29) is 36.9 Å². The fourth-order valence-electron chi connectivity index (χ4n) is 2.98. The Labute approximate surface area is 180 Å². The van der Waals surface area contributed by atoms with E-state index in [1.165, 1.54) is 34.2 Å². The van der Waals surface area contributed by atoms with E-state index in [4.69, 9.17) is 4.74 Å². The molecule has 0 aromatic carbocycles. The van der Waals surface area contributed by atoms with Crippen molar-refractivity contribution in [2.75, 3.05) is 18.9 Å². The van der Waals surface area contributed by atoms with Gasteiger partial charge in [-0.1, -0.05) is 6.07 Å². The second-order valence-electron chi connectivity index (χ2n) is 6.29. The molecule has 0 bridgehead atoms. The number of ether oxygens (including phenoxy) is 1. The molecule has 1 aromatic rings. The highest BCUT2D eigenvalue weighted by Gasteiger charge is 2.54. The van der Waals surface area contributed by atoms with Gasteiger partial charge in [0.25, 0.3) is 5.91 Å². The Balaban J connectivity index is 1.63. The van der Waals surface area contributed by atoms with Crippen LogP contribution in [0.25, 0.3) is 0 Å². The highest BCUT2D eigenvalue weighted by molar-refractivity contribution is 8.00. The third kappa shape index (κ3) is 4.82. The molecule has 12 heteroatoms. The van der Waals surface area contributed by atoms with Gasteiger partial charge in [0.15, 0.2) is 0 Å². The van der Waals surface area contributed by atoms with Crippen LogP contribution in [0.3, 0.4) is 0 Å². The van der Waals surface area contributed by atoms with E-state index < -0.39 is 29.3 Å². The van der Waals surface area contributed by atoms with E-state index in [1.807, 2.05) is 17.5 Å². The number of β-lactam (4-membered cyclic amide) rings is 1. The summed E-state index contributed by atoms with van der Waals surface area (Å²) >= 11 is 2.79. The Bertz CT molecular complexity index is 898. The molecule has 160 valence electrons. The van der Waals surface area contributed by atoms with E-state index >= 15 is 0 Å². The molecule has 1 unspecified atom stereocenters. The maximum Gasteiger partial charge on any atom is 0.353 e. The number of rotatable bonds is 9. The number of aliphatic carboxylic acids is 1. The maximum absolute atomic E-state index is 12.6. The van der Waals surface area contributed by atoms with Crippen LogP contribution in [0, 0.1) is 0 Å². The van der Waals surface area contributed by atoms with Crippen molar-refractivity contribution < 1.29 is 29.0 Å². The molecule has 2 atom stereocenters. The monoisotopic (exact) mass is 452 g/mol. The van der Waals surface area contributed by atoms with Crippen molar-refractivity contribution in [2.45, 2.75) is 24.8 Å². The lowest BCUT2D eigenvalue weighted by atomic mass is 10.0. The van der Waals surface area contributed by atoms with Gasteiger partial charge in [0.05, 0.1) is 19.2 Å². The van der Waals surface area contributed by atoms with Crippen molar-refractivity contribution in [3.63, 3.8) is 0 Å². The first kappa shape index (κ1) is 21.8. The molecule has 1 aromatic heterocycles. The molecule has 0 saturated carbocycles. The summed E-state index contributed by atoms with van der Waals surface area (Å²) in [5, 5.41) is 17.5. The van der Waals surface area contributed by atoms with E-state index in [1.54, 1.807) is 6.92 Å². The number of esters is 1. The lowest BCUT2D eigenvalue weighted by molar-refractivity contribution is -0.150. The Kier molecular flexibility index (Phi) is 7.11. The van der Waals surface area contributed by atoms with Crippen LogP contribution in [0.5, 0.6) is 0 Å². The van der Waals surface area contributed by atoms with E-state index in [9.17, 15) is 24.3 Å².